The maximum absolute atomic E-state index is 11.7. The van der Waals surface area contributed by atoms with Crippen molar-refractivity contribution in [2.45, 2.75) is 96.5 Å². The average Bonchev–Trinajstić information content (AvgIpc) is 2.56. The molecule has 0 radical (unpaired) electrons. The lowest BCUT2D eigenvalue weighted by Gasteiger charge is -2.20. The number of ether oxygens (including phenoxy) is 1. The third kappa shape index (κ3) is 14.9. The van der Waals surface area contributed by atoms with Crippen molar-refractivity contribution in [3.05, 3.63) is 0 Å². The number of aliphatic hydroxyl groups excluding tert-OH is 1. The molecular weight excluding hydrogens is 308 g/mol. The highest BCUT2D eigenvalue weighted by molar-refractivity contribution is 5.69. The van der Waals surface area contributed by atoms with Crippen molar-refractivity contribution in [1.29, 1.82) is 0 Å². The number of unbranched alkanes of at least 4 members (excludes halogenated alkanes) is 10. The van der Waals surface area contributed by atoms with Crippen LogP contribution in [0.3, 0.4) is 0 Å². The third-order valence-electron chi connectivity index (χ3n) is 4.00. The van der Waals surface area contributed by atoms with Gasteiger partial charge < -0.3 is 20.7 Å². The van der Waals surface area contributed by atoms with Crippen molar-refractivity contribution >= 4 is 5.97 Å². The molecule has 0 aliphatic carbocycles. The number of esters is 1. The van der Waals surface area contributed by atoms with Gasteiger partial charge in [-0.1, -0.05) is 71.1 Å². The second-order valence-electron chi connectivity index (χ2n) is 6.35. The van der Waals surface area contributed by atoms with Gasteiger partial charge in [-0.3, -0.25) is 10.1 Å². The first-order chi connectivity index (χ1) is 11.6. The summed E-state index contributed by atoms with van der Waals surface area (Å²) in [5.41, 5.74) is 5.32. The first-order valence-electron chi connectivity index (χ1n) is 9.60. The highest BCUT2D eigenvalue weighted by Crippen LogP contribution is 2.12. The van der Waals surface area contributed by atoms with Crippen LogP contribution in [0.5, 0.6) is 0 Å². The fraction of sp³-hybridized carbons (Fsp3) is 0.944. The number of aliphatic hydroxyl groups is 2. The van der Waals surface area contributed by atoms with Crippen LogP contribution in [0.15, 0.2) is 0 Å². The molecule has 0 amide bonds. The van der Waals surface area contributed by atoms with Crippen LogP contribution in [0.2, 0.25) is 0 Å². The van der Waals surface area contributed by atoms with E-state index in [0.29, 0.717) is 19.5 Å². The number of rotatable bonds is 17. The summed E-state index contributed by atoms with van der Waals surface area (Å²) in [7, 11) is 0. The molecule has 0 bridgehead atoms. The highest BCUT2D eigenvalue weighted by Gasteiger charge is 2.20. The number of carbonyl (C=O) groups is 1. The summed E-state index contributed by atoms with van der Waals surface area (Å²) in [5, 5.41) is 20.9. The Hall–Kier alpha value is -0.690. The van der Waals surface area contributed by atoms with E-state index in [2.05, 4.69) is 12.2 Å². The number of hydrogen-bond acceptors (Lipinski definition) is 6. The van der Waals surface area contributed by atoms with Crippen LogP contribution in [-0.2, 0) is 9.53 Å². The maximum atomic E-state index is 11.7. The minimum atomic E-state index is -1.74. The highest BCUT2D eigenvalue weighted by atomic mass is 16.6. The minimum Gasteiger partial charge on any atom is -0.441 e. The Bertz CT molecular complexity index is 288. The third-order valence-corrected chi connectivity index (χ3v) is 4.00. The summed E-state index contributed by atoms with van der Waals surface area (Å²) >= 11 is 0. The summed E-state index contributed by atoms with van der Waals surface area (Å²) in [4.78, 5) is 11.7. The number of nitrogens with one attached hydrogen (secondary N) is 1. The zero-order valence-corrected chi connectivity index (χ0v) is 15.3. The van der Waals surface area contributed by atoms with Crippen LogP contribution in [0.1, 0.15) is 84.0 Å². The van der Waals surface area contributed by atoms with E-state index < -0.39 is 18.5 Å². The van der Waals surface area contributed by atoms with E-state index in [-0.39, 0.29) is 0 Å². The van der Waals surface area contributed by atoms with Crippen LogP contribution in [0, 0.1) is 0 Å². The molecule has 0 aromatic rings. The van der Waals surface area contributed by atoms with Crippen molar-refractivity contribution < 1.29 is 19.7 Å². The van der Waals surface area contributed by atoms with Gasteiger partial charge in [0.2, 0.25) is 12.5 Å². The second-order valence-corrected chi connectivity index (χ2v) is 6.35. The first kappa shape index (κ1) is 23.3. The molecule has 6 heteroatoms. The van der Waals surface area contributed by atoms with Crippen molar-refractivity contribution in [2.75, 3.05) is 13.1 Å². The first-order valence-corrected chi connectivity index (χ1v) is 9.60. The molecule has 0 saturated heterocycles. The largest absolute Gasteiger partial charge is 0.441 e. The summed E-state index contributed by atoms with van der Waals surface area (Å²) in [6.45, 7) is 2.92. The molecule has 0 aliphatic rings. The lowest BCUT2D eigenvalue weighted by atomic mass is 10.1. The molecule has 0 saturated carbocycles. The van der Waals surface area contributed by atoms with Gasteiger partial charge in [-0.2, -0.15) is 0 Å². The van der Waals surface area contributed by atoms with E-state index in [1.165, 1.54) is 51.4 Å². The van der Waals surface area contributed by atoms with E-state index in [1.54, 1.807) is 0 Å². The van der Waals surface area contributed by atoms with Gasteiger partial charge in [0.1, 0.15) is 0 Å². The molecule has 0 aromatic heterocycles. The van der Waals surface area contributed by atoms with Crippen molar-refractivity contribution in [2.24, 2.45) is 5.73 Å². The van der Waals surface area contributed by atoms with E-state index in [4.69, 9.17) is 20.7 Å². The lowest BCUT2D eigenvalue weighted by molar-refractivity contribution is -0.180. The van der Waals surface area contributed by atoms with Crippen molar-refractivity contribution in [3.63, 3.8) is 0 Å². The fourth-order valence-corrected chi connectivity index (χ4v) is 2.57. The number of carbonyl (C=O) groups excluding carboxylic acids is 1. The average molecular weight is 347 g/mol. The summed E-state index contributed by atoms with van der Waals surface area (Å²) in [6, 6.07) is 0. The van der Waals surface area contributed by atoms with Gasteiger partial charge in [0.05, 0.1) is 0 Å². The van der Waals surface area contributed by atoms with Crippen LogP contribution >= 0.6 is 0 Å². The normalized spacial score (nSPS) is 12.5. The van der Waals surface area contributed by atoms with E-state index >= 15 is 0 Å². The van der Waals surface area contributed by atoms with E-state index in [1.807, 2.05) is 0 Å². The predicted octanol–water partition coefficient (Wildman–Crippen LogP) is 2.42. The van der Waals surface area contributed by atoms with Gasteiger partial charge in [-0.15, -0.1) is 0 Å². The Labute approximate surface area is 147 Å². The van der Waals surface area contributed by atoms with Crippen molar-refractivity contribution in [1.82, 2.24) is 5.32 Å². The maximum Gasteiger partial charge on any atom is 0.307 e. The van der Waals surface area contributed by atoms with Crippen molar-refractivity contribution in [3.8, 4) is 0 Å². The molecule has 0 fully saturated rings. The molecule has 0 rings (SSSR count). The molecule has 144 valence electrons. The van der Waals surface area contributed by atoms with Gasteiger partial charge >= 0.3 is 5.97 Å². The molecule has 0 spiro atoms. The van der Waals surface area contributed by atoms with Crippen LogP contribution < -0.4 is 11.1 Å². The standard InChI is InChI=1S/C18H38N2O4/c1-2-3-4-5-6-7-8-9-10-11-12-13-16(21)24-17(18(22)23)20-15-14-19/h17-18,20,22-23H,2-15,19H2,1H3. The monoisotopic (exact) mass is 346 g/mol. The van der Waals surface area contributed by atoms with Gasteiger partial charge in [-0.05, 0) is 6.42 Å². The number of hydrogen-bond donors (Lipinski definition) is 4. The van der Waals surface area contributed by atoms with E-state index in [9.17, 15) is 4.79 Å². The Morgan fingerprint density at radius 1 is 0.958 bits per heavy atom. The molecule has 6 nitrogen and oxygen atoms in total. The summed E-state index contributed by atoms with van der Waals surface area (Å²) in [6.07, 6.45) is 10.9. The minimum absolute atomic E-state index is 0.310. The lowest BCUT2D eigenvalue weighted by Crippen LogP contribution is -2.45. The Morgan fingerprint density at radius 3 is 1.92 bits per heavy atom. The van der Waals surface area contributed by atoms with Gasteiger partial charge in [0, 0.05) is 19.5 Å². The topological polar surface area (TPSA) is 105 Å². The van der Waals surface area contributed by atoms with Gasteiger partial charge in [0.15, 0.2) is 0 Å². The Kier molecular flexibility index (Phi) is 16.7. The number of nitrogens with two attached hydrogens (primary N) is 1. The van der Waals surface area contributed by atoms with Gasteiger partial charge in [0.25, 0.3) is 0 Å². The Morgan fingerprint density at radius 2 is 1.46 bits per heavy atom. The second kappa shape index (κ2) is 17.1. The smallest absolute Gasteiger partial charge is 0.307 e. The quantitative estimate of drug-likeness (QED) is 0.183. The Balaban J connectivity index is 3.47. The van der Waals surface area contributed by atoms with Crippen LogP contribution in [0.25, 0.3) is 0 Å². The zero-order valence-electron chi connectivity index (χ0n) is 15.3. The molecular formula is C18H38N2O4. The molecule has 24 heavy (non-hydrogen) atoms. The molecule has 0 aromatic carbocycles. The van der Waals surface area contributed by atoms with Gasteiger partial charge in [-0.25, -0.2) is 0 Å². The van der Waals surface area contributed by atoms with Crippen LogP contribution in [-0.4, -0.2) is 41.8 Å². The molecule has 1 unspecified atom stereocenters. The SMILES string of the molecule is CCCCCCCCCCCCCC(=O)OC(NCCN)C(O)O. The van der Waals surface area contributed by atoms with Crippen LogP contribution in [0.4, 0.5) is 0 Å². The molecule has 0 heterocycles. The molecule has 5 N–H and O–H groups in total. The predicted molar refractivity (Wildman–Crippen MR) is 96.2 cm³/mol. The fourth-order valence-electron chi connectivity index (χ4n) is 2.57. The van der Waals surface area contributed by atoms with E-state index in [0.717, 1.165) is 19.3 Å². The summed E-state index contributed by atoms with van der Waals surface area (Å²) < 4.78 is 5.00. The molecule has 1 atom stereocenters. The zero-order chi connectivity index (χ0) is 18.0. The molecule has 0 aliphatic heterocycles. The summed E-state index contributed by atoms with van der Waals surface area (Å²) in [5.74, 6) is -0.409.